The highest BCUT2D eigenvalue weighted by molar-refractivity contribution is 7.99. The molecule has 9 heteroatoms. The minimum Gasteiger partial charge on any atom is -0.486 e. The number of amides is 1. The number of hydrogen-bond donors (Lipinski definition) is 0. The molecule has 0 aliphatic carbocycles. The third-order valence-corrected chi connectivity index (χ3v) is 5.57. The smallest absolute Gasteiger partial charge is 0.277 e. The second-order valence-electron chi connectivity index (χ2n) is 5.87. The van der Waals surface area contributed by atoms with Crippen molar-refractivity contribution in [2.45, 2.75) is 11.8 Å². The molecule has 3 heterocycles. The molecule has 1 aliphatic heterocycles. The summed E-state index contributed by atoms with van der Waals surface area (Å²) in [6.07, 6.45) is 0. The van der Waals surface area contributed by atoms with E-state index < -0.39 is 0 Å². The molecule has 140 valence electrons. The molecule has 1 aromatic carbocycles. The van der Waals surface area contributed by atoms with E-state index in [9.17, 15) is 4.79 Å². The normalized spacial score (nSPS) is 12.8. The molecule has 0 unspecified atom stereocenters. The molecule has 2 aromatic heterocycles. The van der Waals surface area contributed by atoms with Gasteiger partial charge >= 0.3 is 0 Å². The number of carbonyl (C=O) groups is 1. The maximum Gasteiger partial charge on any atom is 0.277 e. The molecule has 1 amide bonds. The molecule has 3 aromatic rings. The highest BCUT2D eigenvalue weighted by Crippen LogP contribution is 2.31. The van der Waals surface area contributed by atoms with Crippen LogP contribution >= 0.6 is 23.1 Å². The molecule has 0 bridgehead atoms. The molecule has 0 radical (unpaired) electrons. The fourth-order valence-electron chi connectivity index (χ4n) is 2.55. The molecular formula is C18H17N3O4S2. The molecule has 0 fully saturated rings. The number of nitrogens with zero attached hydrogens (tertiary/aromatic N) is 3. The molecule has 0 saturated heterocycles. The van der Waals surface area contributed by atoms with E-state index in [4.69, 9.17) is 13.9 Å². The summed E-state index contributed by atoms with van der Waals surface area (Å²) in [5.74, 6) is 2.15. The maximum atomic E-state index is 12.4. The lowest BCUT2D eigenvalue weighted by atomic mass is 10.2. The largest absolute Gasteiger partial charge is 0.486 e. The lowest BCUT2D eigenvalue weighted by molar-refractivity contribution is -0.127. The highest BCUT2D eigenvalue weighted by atomic mass is 32.2. The Morgan fingerprint density at radius 1 is 1.22 bits per heavy atom. The van der Waals surface area contributed by atoms with Crippen LogP contribution in [0.25, 0.3) is 10.8 Å². The van der Waals surface area contributed by atoms with Crippen LogP contribution in [0.1, 0.15) is 5.56 Å². The number of fused-ring (bicyclic) bond motifs is 1. The van der Waals surface area contributed by atoms with Gasteiger partial charge in [-0.15, -0.1) is 21.5 Å². The van der Waals surface area contributed by atoms with E-state index >= 15 is 0 Å². The van der Waals surface area contributed by atoms with Gasteiger partial charge in [0.15, 0.2) is 11.5 Å². The number of benzene rings is 1. The van der Waals surface area contributed by atoms with Gasteiger partial charge in [0.05, 0.1) is 10.6 Å². The van der Waals surface area contributed by atoms with Crippen molar-refractivity contribution >= 4 is 29.0 Å². The van der Waals surface area contributed by atoms with Gasteiger partial charge in [0.25, 0.3) is 11.1 Å². The predicted octanol–water partition coefficient (Wildman–Crippen LogP) is 3.32. The third-order valence-electron chi connectivity index (χ3n) is 3.91. The maximum absolute atomic E-state index is 12.4. The number of aromatic nitrogens is 2. The Labute approximate surface area is 164 Å². The van der Waals surface area contributed by atoms with Crippen LogP contribution in [0, 0.1) is 0 Å². The van der Waals surface area contributed by atoms with Crippen LogP contribution in [0.2, 0.25) is 0 Å². The first-order chi connectivity index (χ1) is 13.2. The summed E-state index contributed by atoms with van der Waals surface area (Å²) in [7, 11) is 1.77. The lowest BCUT2D eigenvalue weighted by Crippen LogP contribution is -2.27. The molecule has 1 aliphatic rings. The van der Waals surface area contributed by atoms with E-state index in [1.165, 1.54) is 23.1 Å². The molecule has 7 nitrogen and oxygen atoms in total. The number of ether oxygens (including phenoxy) is 2. The summed E-state index contributed by atoms with van der Waals surface area (Å²) in [5, 5.41) is 10.3. The number of thioether (sulfide) groups is 1. The van der Waals surface area contributed by atoms with Crippen molar-refractivity contribution < 1.29 is 18.7 Å². The Morgan fingerprint density at radius 3 is 2.89 bits per heavy atom. The molecule has 0 N–H and O–H groups in total. The van der Waals surface area contributed by atoms with Crippen LogP contribution in [0.5, 0.6) is 11.5 Å². The van der Waals surface area contributed by atoms with Crippen molar-refractivity contribution in [1.29, 1.82) is 0 Å². The number of hydrogen-bond acceptors (Lipinski definition) is 8. The van der Waals surface area contributed by atoms with Gasteiger partial charge in [-0.05, 0) is 29.1 Å². The van der Waals surface area contributed by atoms with Crippen molar-refractivity contribution in [3.8, 4) is 22.3 Å². The first kappa shape index (κ1) is 17.9. The first-order valence-corrected chi connectivity index (χ1v) is 10.2. The first-order valence-electron chi connectivity index (χ1n) is 8.32. The minimum absolute atomic E-state index is 0.0224. The van der Waals surface area contributed by atoms with E-state index in [0.717, 1.165) is 21.9 Å². The SMILES string of the molecule is CN(Cc1ccc2c(c1)OCCO2)C(=O)CSc1nnc(-c2cccs2)o1. The van der Waals surface area contributed by atoms with Crippen LogP contribution in [0.4, 0.5) is 0 Å². The van der Waals surface area contributed by atoms with Crippen LogP contribution < -0.4 is 9.47 Å². The van der Waals surface area contributed by atoms with E-state index in [-0.39, 0.29) is 11.7 Å². The summed E-state index contributed by atoms with van der Waals surface area (Å²) in [4.78, 5) is 15.0. The second kappa shape index (κ2) is 8.01. The van der Waals surface area contributed by atoms with Crippen molar-refractivity contribution in [2.24, 2.45) is 0 Å². The second-order valence-corrected chi connectivity index (χ2v) is 7.74. The monoisotopic (exact) mass is 403 g/mol. The summed E-state index contributed by atoms with van der Waals surface area (Å²) in [6.45, 7) is 1.59. The van der Waals surface area contributed by atoms with Crippen molar-refractivity contribution in [2.75, 3.05) is 26.0 Å². The quantitative estimate of drug-likeness (QED) is 0.584. The zero-order valence-corrected chi connectivity index (χ0v) is 16.2. The Bertz CT molecular complexity index is 927. The third kappa shape index (κ3) is 4.25. The molecule has 0 spiro atoms. The zero-order chi connectivity index (χ0) is 18.6. The summed E-state index contributed by atoms with van der Waals surface area (Å²) in [5.41, 5.74) is 0.984. The summed E-state index contributed by atoms with van der Waals surface area (Å²) >= 11 is 2.77. The average Bonchev–Trinajstić information content (AvgIpc) is 3.37. The van der Waals surface area contributed by atoms with Gasteiger partial charge in [0.1, 0.15) is 13.2 Å². The van der Waals surface area contributed by atoms with Gasteiger partial charge in [-0.2, -0.15) is 0 Å². The predicted molar refractivity (Wildman–Crippen MR) is 102 cm³/mol. The Morgan fingerprint density at radius 2 is 2.07 bits per heavy atom. The van der Waals surface area contributed by atoms with E-state index in [1.54, 1.807) is 11.9 Å². The van der Waals surface area contributed by atoms with Crippen LogP contribution in [-0.4, -0.2) is 47.0 Å². The average molecular weight is 403 g/mol. The van der Waals surface area contributed by atoms with Crippen LogP contribution in [0.15, 0.2) is 45.4 Å². The fraction of sp³-hybridized carbons (Fsp3) is 0.278. The van der Waals surface area contributed by atoms with Crippen molar-refractivity contribution in [3.63, 3.8) is 0 Å². The number of thiophene rings is 1. The molecular weight excluding hydrogens is 386 g/mol. The standard InChI is InChI=1S/C18H17N3O4S2/c1-21(10-12-4-5-13-14(9-12)24-7-6-23-13)16(22)11-27-18-20-19-17(25-18)15-3-2-8-26-15/h2-5,8-9H,6-7,10-11H2,1H3. The van der Waals surface area contributed by atoms with Gasteiger partial charge in [-0.3, -0.25) is 4.79 Å². The number of rotatable bonds is 6. The Balaban J connectivity index is 1.32. The van der Waals surface area contributed by atoms with Crippen molar-refractivity contribution in [1.82, 2.24) is 15.1 Å². The lowest BCUT2D eigenvalue weighted by Gasteiger charge is -2.21. The van der Waals surface area contributed by atoms with Gasteiger partial charge in [-0.1, -0.05) is 23.9 Å². The molecule has 4 rings (SSSR count). The fourth-order valence-corrected chi connectivity index (χ4v) is 3.90. The number of carbonyl (C=O) groups excluding carboxylic acids is 1. The Kier molecular flexibility index (Phi) is 5.30. The topological polar surface area (TPSA) is 77.7 Å². The van der Waals surface area contributed by atoms with Gasteiger partial charge in [0, 0.05) is 13.6 Å². The van der Waals surface area contributed by atoms with E-state index in [1.807, 2.05) is 35.7 Å². The van der Waals surface area contributed by atoms with E-state index in [2.05, 4.69) is 10.2 Å². The van der Waals surface area contributed by atoms with E-state index in [0.29, 0.717) is 30.9 Å². The minimum atomic E-state index is -0.0224. The molecule has 0 atom stereocenters. The molecule has 0 saturated carbocycles. The van der Waals surface area contributed by atoms with Crippen LogP contribution in [-0.2, 0) is 11.3 Å². The Hall–Kier alpha value is -2.52. The highest BCUT2D eigenvalue weighted by Gasteiger charge is 2.16. The summed E-state index contributed by atoms with van der Waals surface area (Å²) in [6, 6.07) is 9.57. The van der Waals surface area contributed by atoms with Crippen LogP contribution in [0.3, 0.4) is 0 Å². The molecule has 27 heavy (non-hydrogen) atoms. The summed E-state index contributed by atoms with van der Waals surface area (Å²) < 4.78 is 16.7. The van der Waals surface area contributed by atoms with Crippen molar-refractivity contribution in [3.05, 3.63) is 41.3 Å². The zero-order valence-electron chi connectivity index (χ0n) is 14.6. The van der Waals surface area contributed by atoms with Gasteiger partial charge < -0.3 is 18.8 Å². The van der Waals surface area contributed by atoms with Gasteiger partial charge in [-0.25, -0.2) is 0 Å². The van der Waals surface area contributed by atoms with Gasteiger partial charge in [0.2, 0.25) is 5.91 Å².